The van der Waals surface area contributed by atoms with Crippen LogP contribution in [-0.4, -0.2) is 40.5 Å². The van der Waals surface area contributed by atoms with E-state index in [-0.39, 0.29) is 38.4 Å². The van der Waals surface area contributed by atoms with E-state index in [0.717, 1.165) is 5.56 Å². The fourth-order valence-corrected chi connectivity index (χ4v) is 3.04. The maximum atomic E-state index is 15.0. The number of halogens is 1. The molecule has 0 saturated carbocycles. The largest absolute Gasteiger partial charge is 0.349 e. The van der Waals surface area contributed by atoms with Gasteiger partial charge in [0.15, 0.2) is 5.67 Å². The molecule has 1 N–H and O–H groups in total. The van der Waals surface area contributed by atoms with Gasteiger partial charge in [0.25, 0.3) is 11.8 Å². The van der Waals surface area contributed by atoms with Crippen molar-refractivity contribution in [1.82, 2.24) is 15.2 Å². The standard InChI is InChI=1S/C20H19FN4O2/c21-20(19(27)24-14-15-4-8-23-9-5-15)6-10-25(11-7-20)18(26)17-3-1-2-16(12-17)13-22/h1-5,8-9,12H,6-7,10-11,14H2,(H,24,27). The van der Waals surface area contributed by atoms with E-state index in [9.17, 15) is 9.59 Å². The zero-order valence-electron chi connectivity index (χ0n) is 14.7. The van der Waals surface area contributed by atoms with Gasteiger partial charge in [-0.2, -0.15) is 5.26 Å². The maximum Gasteiger partial charge on any atom is 0.258 e. The van der Waals surface area contributed by atoms with Crippen molar-refractivity contribution in [2.45, 2.75) is 25.1 Å². The zero-order valence-corrected chi connectivity index (χ0v) is 14.7. The van der Waals surface area contributed by atoms with Crippen molar-refractivity contribution in [2.75, 3.05) is 13.1 Å². The molecule has 0 bridgehead atoms. The molecule has 138 valence electrons. The number of likely N-dealkylation sites (tertiary alicyclic amines) is 1. The molecule has 0 unspecified atom stereocenters. The van der Waals surface area contributed by atoms with E-state index in [1.165, 1.54) is 11.0 Å². The van der Waals surface area contributed by atoms with Crippen molar-refractivity contribution < 1.29 is 14.0 Å². The Hall–Kier alpha value is -3.27. The third-order valence-corrected chi connectivity index (χ3v) is 4.69. The van der Waals surface area contributed by atoms with Gasteiger partial charge in [0.05, 0.1) is 11.6 Å². The predicted molar refractivity (Wildman–Crippen MR) is 96.2 cm³/mol. The first kappa shape index (κ1) is 18.5. The molecule has 0 spiro atoms. The summed E-state index contributed by atoms with van der Waals surface area (Å²) in [5.41, 5.74) is -0.360. The maximum absolute atomic E-state index is 15.0. The second kappa shape index (κ2) is 7.96. The van der Waals surface area contributed by atoms with E-state index in [0.29, 0.717) is 11.1 Å². The van der Waals surface area contributed by atoms with E-state index >= 15 is 4.39 Å². The van der Waals surface area contributed by atoms with Crippen molar-refractivity contribution in [2.24, 2.45) is 0 Å². The first-order valence-electron chi connectivity index (χ1n) is 8.67. The number of nitrogens with zero attached hydrogens (tertiary/aromatic N) is 3. The van der Waals surface area contributed by atoms with Crippen molar-refractivity contribution in [3.05, 3.63) is 65.5 Å². The number of nitrogens with one attached hydrogen (secondary N) is 1. The summed E-state index contributed by atoms with van der Waals surface area (Å²) in [5.74, 6) is -0.913. The number of carbonyl (C=O) groups excluding carboxylic acids is 2. The Morgan fingerprint density at radius 2 is 1.93 bits per heavy atom. The molecule has 0 aliphatic carbocycles. The Labute approximate surface area is 156 Å². The van der Waals surface area contributed by atoms with E-state index in [4.69, 9.17) is 5.26 Å². The lowest BCUT2D eigenvalue weighted by Crippen LogP contribution is -2.52. The van der Waals surface area contributed by atoms with Crippen LogP contribution >= 0.6 is 0 Å². The summed E-state index contributed by atoms with van der Waals surface area (Å²) in [6, 6.07) is 11.9. The molecule has 1 aliphatic heterocycles. The van der Waals surface area contributed by atoms with E-state index in [2.05, 4.69) is 10.3 Å². The summed E-state index contributed by atoms with van der Waals surface area (Å²) in [5, 5.41) is 11.6. The van der Waals surface area contributed by atoms with Crippen LogP contribution in [0.1, 0.15) is 34.3 Å². The molecule has 3 rings (SSSR count). The van der Waals surface area contributed by atoms with Gasteiger partial charge in [-0.15, -0.1) is 0 Å². The Morgan fingerprint density at radius 3 is 2.59 bits per heavy atom. The molecule has 0 radical (unpaired) electrons. The first-order chi connectivity index (χ1) is 13.0. The minimum Gasteiger partial charge on any atom is -0.349 e. The molecular formula is C20H19FN4O2. The number of rotatable bonds is 4. The molecule has 0 atom stereocenters. The van der Waals surface area contributed by atoms with Crippen molar-refractivity contribution in [3.8, 4) is 6.07 Å². The Kier molecular flexibility index (Phi) is 5.46. The van der Waals surface area contributed by atoms with Gasteiger partial charge in [-0.3, -0.25) is 14.6 Å². The molecule has 6 nitrogen and oxygen atoms in total. The normalized spacial score (nSPS) is 15.6. The third kappa shape index (κ3) is 4.29. The monoisotopic (exact) mass is 366 g/mol. The second-order valence-corrected chi connectivity index (χ2v) is 6.49. The summed E-state index contributed by atoms with van der Waals surface area (Å²) in [4.78, 5) is 30.2. The SMILES string of the molecule is N#Cc1cccc(C(=O)N2CCC(F)(C(=O)NCc3ccncc3)CC2)c1. The summed E-state index contributed by atoms with van der Waals surface area (Å²) < 4.78 is 15.0. The number of piperidine rings is 1. The average molecular weight is 366 g/mol. The number of alkyl halides is 1. The molecule has 2 heterocycles. The minimum atomic E-state index is -1.99. The predicted octanol–water partition coefficient (Wildman–Crippen LogP) is 2.21. The second-order valence-electron chi connectivity index (χ2n) is 6.49. The molecule has 2 amide bonds. The van der Waals surface area contributed by atoms with Crippen LogP contribution < -0.4 is 5.32 Å². The van der Waals surface area contributed by atoms with Crippen LogP contribution in [-0.2, 0) is 11.3 Å². The minimum absolute atomic E-state index is 0.0567. The van der Waals surface area contributed by atoms with Crippen LogP contribution in [0.3, 0.4) is 0 Å². The summed E-state index contributed by atoms with van der Waals surface area (Å²) in [6.07, 6.45) is 3.11. The van der Waals surface area contributed by atoms with Crippen LogP contribution in [0, 0.1) is 11.3 Å². The quantitative estimate of drug-likeness (QED) is 0.899. The number of amides is 2. The van der Waals surface area contributed by atoms with Gasteiger partial charge in [0.2, 0.25) is 0 Å². The fourth-order valence-electron chi connectivity index (χ4n) is 3.04. The summed E-state index contributed by atoms with van der Waals surface area (Å²) in [6.45, 7) is 0.528. The van der Waals surface area contributed by atoms with Gasteiger partial charge >= 0.3 is 0 Å². The van der Waals surface area contributed by atoms with Crippen LogP contribution in [0.5, 0.6) is 0 Å². The number of nitriles is 1. The summed E-state index contributed by atoms with van der Waals surface area (Å²) in [7, 11) is 0. The van der Waals surface area contributed by atoms with Crippen LogP contribution in [0.2, 0.25) is 0 Å². The van der Waals surface area contributed by atoms with Crippen molar-refractivity contribution in [3.63, 3.8) is 0 Å². The van der Waals surface area contributed by atoms with Crippen LogP contribution in [0.25, 0.3) is 0 Å². The highest BCUT2D eigenvalue weighted by atomic mass is 19.1. The fraction of sp³-hybridized carbons (Fsp3) is 0.300. The molecule has 2 aromatic rings. The molecule has 1 fully saturated rings. The molecule has 1 aliphatic rings. The van der Waals surface area contributed by atoms with Crippen molar-refractivity contribution >= 4 is 11.8 Å². The van der Waals surface area contributed by atoms with Gasteiger partial charge in [-0.25, -0.2) is 4.39 Å². The Morgan fingerprint density at radius 1 is 1.22 bits per heavy atom. The number of hydrogen-bond acceptors (Lipinski definition) is 4. The number of hydrogen-bond donors (Lipinski definition) is 1. The highest BCUT2D eigenvalue weighted by Crippen LogP contribution is 2.28. The highest BCUT2D eigenvalue weighted by Gasteiger charge is 2.42. The third-order valence-electron chi connectivity index (χ3n) is 4.69. The molecule has 1 saturated heterocycles. The number of benzene rings is 1. The first-order valence-corrected chi connectivity index (χ1v) is 8.67. The van der Waals surface area contributed by atoms with Crippen LogP contribution in [0.4, 0.5) is 4.39 Å². The lowest BCUT2D eigenvalue weighted by Gasteiger charge is -2.35. The number of aromatic nitrogens is 1. The Bertz CT molecular complexity index is 871. The highest BCUT2D eigenvalue weighted by molar-refractivity contribution is 5.95. The smallest absolute Gasteiger partial charge is 0.258 e. The van der Waals surface area contributed by atoms with E-state index in [1.54, 1.807) is 42.7 Å². The Balaban J connectivity index is 1.57. The molecular weight excluding hydrogens is 347 g/mol. The van der Waals surface area contributed by atoms with Gasteiger partial charge in [-0.1, -0.05) is 6.07 Å². The lowest BCUT2D eigenvalue weighted by atomic mass is 9.91. The molecule has 27 heavy (non-hydrogen) atoms. The molecule has 1 aromatic heterocycles. The molecule has 7 heteroatoms. The lowest BCUT2D eigenvalue weighted by molar-refractivity contribution is -0.135. The summed E-state index contributed by atoms with van der Waals surface area (Å²) >= 11 is 0. The van der Waals surface area contributed by atoms with Gasteiger partial charge in [0.1, 0.15) is 0 Å². The van der Waals surface area contributed by atoms with Crippen LogP contribution in [0.15, 0.2) is 48.8 Å². The average Bonchev–Trinajstić information content (AvgIpc) is 2.72. The van der Waals surface area contributed by atoms with Gasteiger partial charge in [0, 0.05) is 50.4 Å². The zero-order chi connectivity index (χ0) is 19.3. The molecule has 1 aromatic carbocycles. The van der Waals surface area contributed by atoms with Gasteiger partial charge in [-0.05, 0) is 35.9 Å². The van der Waals surface area contributed by atoms with Gasteiger partial charge < -0.3 is 10.2 Å². The van der Waals surface area contributed by atoms with E-state index < -0.39 is 11.6 Å². The topological polar surface area (TPSA) is 86.1 Å². The number of carbonyl (C=O) groups is 2. The number of pyridine rings is 1. The van der Waals surface area contributed by atoms with Crippen molar-refractivity contribution in [1.29, 1.82) is 5.26 Å². The van der Waals surface area contributed by atoms with E-state index in [1.807, 2.05) is 6.07 Å².